The minimum Gasteiger partial charge on any atom is -0.192 e. The Morgan fingerprint density at radius 2 is 0.611 bits per heavy atom. The van der Waals surface area contributed by atoms with Crippen molar-refractivity contribution < 1.29 is 109 Å². The molecule has 0 unspecified atom stereocenters. The van der Waals surface area contributed by atoms with E-state index in [-0.39, 0.29) is 0 Å². The van der Waals surface area contributed by atoms with E-state index in [0.717, 1.165) is 4.18 Å². The monoisotopic (exact) mass is 618 g/mol. The van der Waals surface area contributed by atoms with E-state index in [9.17, 15) is 105 Å². The van der Waals surface area contributed by atoms with E-state index >= 15 is 0 Å². The summed E-state index contributed by atoms with van der Waals surface area (Å²) < 4.78 is 302. The average molecular weight is 618 g/mol. The minimum atomic E-state index is -9.23. The third-order valence-corrected chi connectivity index (χ3v) is 4.84. The van der Waals surface area contributed by atoms with Crippen LogP contribution in [-0.4, -0.2) is 67.7 Å². The molecule has 0 aliphatic heterocycles. The molecule has 218 valence electrons. The van der Waals surface area contributed by atoms with Gasteiger partial charge in [0.05, 0.1) is 0 Å². The van der Waals surface area contributed by atoms with Crippen molar-refractivity contribution in [1.82, 2.24) is 0 Å². The highest BCUT2D eigenvalue weighted by Gasteiger charge is 2.96. The first-order valence-electron chi connectivity index (χ1n) is 7.07. The van der Waals surface area contributed by atoms with Crippen molar-refractivity contribution in [2.75, 3.05) is 0 Å². The Morgan fingerprint density at radius 3 is 0.861 bits per heavy atom. The van der Waals surface area contributed by atoms with Crippen LogP contribution >= 0.6 is 0 Å². The summed E-state index contributed by atoms with van der Waals surface area (Å²) in [4.78, 5) is 0. The molecule has 0 spiro atoms. The van der Waals surface area contributed by atoms with Crippen LogP contribution in [-0.2, 0) is 14.3 Å². The average Bonchev–Trinajstić information content (AvgIpc) is 2.57. The third kappa shape index (κ3) is 4.37. The standard InChI is InChI=1S/C10F22O3S/c11-1(12,3(15,16)5(19,20)7(23,24)25)2(13,14)4(17,18)6(21,22)9(29,30)35-36(33,34)10(31,32)8(26,27)28. The summed E-state index contributed by atoms with van der Waals surface area (Å²) in [6.45, 7) is 0. The Bertz CT molecular complexity index is 923. The van der Waals surface area contributed by atoms with E-state index in [2.05, 4.69) is 0 Å². The fourth-order valence-corrected chi connectivity index (χ4v) is 2.30. The van der Waals surface area contributed by atoms with Gasteiger partial charge in [0.15, 0.2) is 0 Å². The van der Waals surface area contributed by atoms with Crippen LogP contribution in [0.2, 0.25) is 0 Å². The van der Waals surface area contributed by atoms with Crippen molar-refractivity contribution >= 4 is 10.1 Å². The molecule has 0 atom stereocenters. The van der Waals surface area contributed by atoms with E-state index in [1.165, 1.54) is 0 Å². The molecule has 0 aromatic heterocycles. The zero-order valence-electron chi connectivity index (χ0n) is 14.9. The summed E-state index contributed by atoms with van der Waals surface area (Å²) in [6.07, 6.45) is -24.1. The maximum Gasteiger partial charge on any atom is 0.472 e. The van der Waals surface area contributed by atoms with Crippen LogP contribution in [0.25, 0.3) is 0 Å². The van der Waals surface area contributed by atoms with Gasteiger partial charge in [0.25, 0.3) is 0 Å². The van der Waals surface area contributed by atoms with Crippen LogP contribution in [0.5, 0.6) is 0 Å². The molecule has 0 aromatic rings. The van der Waals surface area contributed by atoms with Gasteiger partial charge in [-0.3, -0.25) is 0 Å². The molecule has 0 heterocycles. The highest BCUT2D eigenvalue weighted by molar-refractivity contribution is 7.87. The molecule has 0 radical (unpaired) electrons. The van der Waals surface area contributed by atoms with E-state index in [1.807, 2.05) is 0 Å². The fourth-order valence-electron chi connectivity index (χ4n) is 1.53. The van der Waals surface area contributed by atoms with Gasteiger partial charge in [-0.05, 0) is 0 Å². The highest BCUT2D eigenvalue weighted by atomic mass is 32.2. The SMILES string of the molecule is O=S(=O)(OC(F)(F)C(F)(F)C(F)(F)C(F)(F)C(F)(F)C(F)(F)C(F)(F)C(F)(F)F)C(F)(F)C(F)(F)F. The molecule has 0 rings (SSSR count). The van der Waals surface area contributed by atoms with Gasteiger partial charge in [-0.25, -0.2) is 0 Å². The zero-order valence-corrected chi connectivity index (χ0v) is 15.8. The maximum atomic E-state index is 13.3. The molecule has 26 heteroatoms. The minimum absolute atomic E-state index is 1.13. The second-order valence-electron chi connectivity index (χ2n) is 6.01. The van der Waals surface area contributed by atoms with Crippen LogP contribution in [0.1, 0.15) is 0 Å². The van der Waals surface area contributed by atoms with Gasteiger partial charge in [-0.15, -0.1) is 0 Å². The molecule has 0 aliphatic carbocycles. The molecular formula is C10F22O3S. The number of alkyl halides is 22. The van der Waals surface area contributed by atoms with Crippen molar-refractivity contribution in [3.05, 3.63) is 0 Å². The second-order valence-corrected chi connectivity index (χ2v) is 7.60. The maximum absolute atomic E-state index is 13.3. The lowest BCUT2D eigenvalue weighted by atomic mass is 9.91. The van der Waals surface area contributed by atoms with Gasteiger partial charge in [0, 0.05) is 0 Å². The first-order chi connectivity index (χ1) is 15.0. The predicted octanol–water partition coefficient (Wildman–Crippen LogP) is 6.45. The van der Waals surface area contributed by atoms with Gasteiger partial charge in [0.2, 0.25) is 0 Å². The molecule has 3 nitrogen and oxygen atoms in total. The van der Waals surface area contributed by atoms with Gasteiger partial charge in [-0.2, -0.15) is 109 Å². The van der Waals surface area contributed by atoms with Crippen LogP contribution < -0.4 is 0 Å². The fraction of sp³-hybridized carbons (Fsp3) is 1.00. The number of rotatable bonds is 9. The van der Waals surface area contributed by atoms with Crippen molar-refractivity contribution in [3.8, 4) is 0 Å². The van der Waals surface area contributed by atoms with E-state index in [0.29, 0.717) is 0 Å². The van der Waals surface area contributed by atoms with Crippen molar-refractivity contribution in [1.29, 1.82) is 0 Å². The smallest absolute Gasteiger partial charge is 0.192 e. The molecule has 0 aromatic carbocycles. The quantitative estimate of drug-likeness (QED) is 0.221. The molecule has 0 bridgehead atoms. The van der Waals surface area contributed by atoms with Gasteiger partial charge >= 0.3 is 69.4 Å². The largest absolute Gasteiger partial charge is 0.472 e. The van der Waals surface area contributed by atoms with E-state index in [4.69, 9.17) is 0 Å². The zero-order chi connectivity index (χ0) is 30.2. The van der Waals surface area contributed by atoms with E-state index in [1.54, 1.807) is 0 Å². The van der Waals surface area contributed by atoms with Crippen molar-refractivity contribution in [3.63, 3.8) is 0 Å². The third-order valence-electron chi connectivity index (χ3n) is 3.55. The molecule has 0 amide bonds. The first kappa shape index (κ1) is 34.4. The van der Waals surface area contributed by atoms with Gasteiger partial charge < -0.3 is 0 Å². The molecule has 0 saturated heterocycles. The Balaban J connectivity index is 6.92. The summed E-state index contributed by atoms with van der Waals surface area (Å²) >= 11 is 0. The Kier molecular flexibility index (Phi) is 7.81. The summed E-state index contributed by atoms with van der Waals surface area (Å²) in [5, 5.41) is -7.77. The van der Waals surface area contributed by atoms with Gasteiger partial charge in [-0.1, -0.05) is 0 Å². The summed E-state index contributed by atoms with van der Waals surface area (Å²) in [6, 6.07) is 0. The van der Waals surface area contributed by atoms with Crippen molar-refractivity contribution in [2.45, 2.75) is 59.3 Å². The summed E-state index contributed by atoms with van der Waals surface area (Å²) in [5.41, 5.74) is 0. The summed E-state index contributed by atoms with van der Waals surface area (Å²) in [5.74, 6) is -53.9. The van der Waals surface area contributed by atoms with Crippen LogP contribution in [0, 0.1) is 0 Å². The number of halogens is 22. The van der Waals surface area contributed by atoms with Crippen LogP contribution in [0.15, 0.2) is 0 Å². The second kappa shape index (κ2) is 8.18. The first-order valence-corrected chi connectivity index (χ1v) is 8.47. The molecule has 0 aliphatic rings. The molecule has 0 saturated carbocycles. The molecular weight excluding hydrogens is 618 g/mol. The predicted molar refractivity (Wildman–Crippen MR) is 61.7 cm³/mol. The van der Waals surface area contributed by atoms with Gasteiger partial charge in [0.1, 0.15) is 0 Å². The molecule has 36 heavy (non-hydrogen) atoms. The lowest BCUT2D eigenvalue weighted by molar-refractivity contribution is -0.471. The van der Waals surface area contributed by atoms with Crippen LogP contribution in [0.3, 0.4) is 0 Å². The molecule has 0 N–H and O–H groups in total. The molecule has 0 fully saturated rings. The lowest BCUT2D eigenvalue weighted by Crippen LogP contribution is -2.74. The van der Waals surface area contributed by atoms with Crippen molar-refractivity contribution in [2.24, 2.45) is 0 Å². The summed E-state index contributed by atoms with van der Waals surface area (Å²) in [7, 11) is -8.74. The van der Waals surface area contributed by atoms with E-state index < -0.39 is 69.4 Å². The number of hydrogen-bond donors (Lipinski definition) is 0. The van der Waals surface area contributed by atoms with Crippen LogP contribution in [0.4, 0.5) is 96.6 Å². The Morgan fingerprint density at radius 1 is 0.361 bits per heavy atom. The number of hydrogen-bond acceptors (Lipinski definition) is 3. The lowest BCUT2D eigenvalue weighted by Gasteiger charge is -2.42. The Hall–Kier alpha value is -1.63. The topological polar surface area (TPSA) is 43.4 Å². The highest BCUT2D eigenvalue weighted by Crippen LogP contribution is 2.64. The Labute approximate surface area is 180 Å². The normalized spacial score (nSPS) is 16.9.